The van der Waals surface area contributed by atoms with Gasteiger partial charge in [-0.05, 0) is 29.8 Å². The van der Waals surface area contributed by atoms with Crippen molar-refractivity contribution in [2.75, 3.05) is 0 Å². The standard InChI is InChI=1S/C11H8ClFO2/c12-8-6-7(3-4-9(8)13)11(14)10-2-1-5-15-10/h1-6,11,14H/t11-/m0/s1. The molecule has 0 aliphatic rings. The van der Waals surface area contributed by atoms with Crippen LogP contribution >= 0.6 is 11.6 Å². The van der Waals surface area contributed by atoms with E-state index in [9.17, 15) is 9.50 Å². The molecule has 15 heavy (non-hydrogen) atoms. The molecule has 0 spiro atoms. The molecule has 1 aromatic heterocycles. The summed E-state index contributed by atoms with van der Waals surface area (Å²) < 4.78 is 17.9. The lowest BCUT2D eigenvalue weighted by Crippen LogP contribution is -1.98. The Labute approximate surface area is 90.9 Å². The molecule has 0 saturated carbocycles. The summed E-state index contributed by atoms with van der Waals surface area (Å²) >= 11 is 5.60. The van der Waals surface area contributed by atoms with E-state index in [0.29, 0.717) is 11.3 Å². The van der Waals surface area contributed by atoms with E-state index in [1.165, 1.54) is 24.5 Å². The largest absolute Gasteiger partial charge is 0.466 e. The minimum Gasteiger partial charge on any atom is -0.466 e. The maximum Gasteiger partial charge on any atom is 0.141 e. The number of aliphatic hydroxyl groups is 1. The number of hydrogen-bond acceptors (Lipinski definition) is 2. The maximum atomic E-state index is 12.9. The first-order chi connectivity index (χ1) is 7.18. The molecule has 0 unspecified atom stereocenters. The first-order valence-corrected chi connectivity index (χ1v) is 4.72. The molecule has 1 heterocycles. The zero-order valence-electron chi connectivity index (χ0n) is 7.65. The van der Waals surface area contributed by atoms with Gasteiger partial charge in [-0.15, -0.1) is 0 Å². The molecule has 2 nitrogen and oxygen atoms in total. The predicted octanol–water partition coefficient (Wildman–Crippen LogP) is 3.15. The molecule has 0 amide bonds. The van der Waals surface area contributed by atoms with Gasteiger partial charge in [0.05, 0.1) is 11.3 Å². The monoisotopic (exact) mass is 226 g/mol. The Bertz CT molecular complexity index is 454. The van der Waals surface area contributed by atoms with E-state index in [2.05, 4.69) is 0 Å². The van der Waals surface area contributed by atoms with E-state index < -0.39 is 11.9 Å². The third-order valence-electron chi connectivity index (χ3n) is 2.07. The molecule has 2 aromatic rings. The van der Waals surface area contributed by atoms with Gasteiger partial charge in [0, 0.05) is 0 Å². The van der Waals surface area contributed by atoms with Crippen LogP contribution in [-0.4, -0.2) is 5.11 Å². The summed E-state index contributed by atoms with van der Waals surface area (Å²) in [6.45, 7) is 0. The summed E-state index contributed by atoms with van der Waals surface area (Å²) in [5, 5.41) is 9.81. The average molecular weight is 227 g/mol. The molecule has 0 bridgehead atoms. The Morgan fingerprint density at radius 2 is 2.13 bits per heavy atom. The maximum absolute atomic E-state index is 12.9. The van der Waals surface area contributed by atoms with Crippen molar-refractivity contribution in [2.24, 2.45) is 0 Å². The van der Waals surface area contributed by atoms with Crippen molar-refractivity contribution in [2.45, 2.75) is 6.10 Å². The molecule has 0 radical (unpaired) electrons. The third-order valence-corrected chi connectivity index (χ3v) is 2.36. The Hall–Kier alpha value is -1.32. The highest BCUT2D eigenvalue weighted by Crippen LogP contribution is 2.25. The number of halogens is 2. The lowest BCUT2D eigenvalue weighted by Gasteiger charge is -2.08. The number of aliphatic hydroxyl groups excluding tert-OH is 1. The van der Waals surface area contributed by atoms with Gasteiger partial charge in [-0.1, -0.05) is 17.7 Å². The van der Waals surface area contributed by atoms with Gasteiger partial charge < -0.3 is 9.52 Å². The quantitative estimate of drug-likeness (QED) is 0.853. The SMILES string of the molecule is O[C@@H](c1ccc(F)c(Cl)c1)c1ccco1. The van der Waals surface area contributed by atoms with Crippen molar-refractivity contribution in [1.29, 1.82) is 0 Å². The summed E-state index contributed by atoms with van der Waals surface area (Å²) in [5.41, 5.74) is 0.497. The fraction of sp³-hybridized carbons (Fsp3) is 0.0909. The van der Waals surface area contributed by atoms with E-state index in [0.717, 1.165) is 0 Å². The first kappa shape index (κ1) is 10.2. The average Bonchev–Trinajstić information content (AvgIpc) is 2.74. The zero-order chi connectivity index (χ0) is 10.8. The Morgan fingerprint density at radius 3 is 2.73 bits per heavy atom. The number of rotatable bonds is 2. The van der Waals surface area contributed by atoms with Crippen LogP contribution < -0.4 is 0 Å². The van der Waals surface area contributed by atoms with Crippen LogP contribution in [-0.2, 0) is 0 Å². The highest BCUT2D eigenvalue weighted by atomic mass is 35.5. The fourth-order valence-electron chi connectivity index (χ4n) is 1.29. The zero-order valence-corrected chi connectivity index (χ0v) is 8.41. The van der Waals surface area contributed by atoms with Crippen LogP contribution in [0.4, 0.5) is 4.39 Å². The molecule has 1 aromatic carbocycles. The van der Waals surface area contributed by atoms with Crippen LogP contribution in [0.5, 0.6) is 0 Å². The fourth-order valence-corrected chi connectivity index (χ4v) is 1.48. The van der Waals surface area contributed by atoms with Crippen molar-refractivity contribution in [3.05, 3.63) is 58.8 Å². The second kappa shape index (κ2) is 4.04. The van der Waals surface area contributed by atoms with Gasteiger partial charge in [-0.2, -0.15) is 0 Å². The van der Waals surface area contributed by atoms with E-state index >= 15 is 0 Å². The summed E-state index contributed by atoms with van der Waals surface area (Å²) in [7, 11) is 0. The van der Waals surface area contributed by atoms with Gasteiger partial charge in [-0.25, -0.2) is 4.39 Å². The predicted molar refractivity (Wildman–Crippen MR) is 54.2 cm³/mol. The second-order valence-electron chi connectivity index (χ2n) is 3.09. The van der Waals surface area contributed by atoms with Crippen LogP contribution in [0.15, 0.2) is 41.0 Å². The molecule has 0 aliphatic heterocycles. The van der Waals surface area contributed by atoms with Gasteiger partial charge in [0.15, 0.2) is 0 Å². The van der Waals surface area contributed by atoms with E-state index in [1.54, 1.807) is 12.1 Å². The molecule has 1 N–H and O–H groups in total. The normalized spacial score (nSPS) is 12.7. The molecular weight excluding hydrogens is 219 g/mol. The van der Waals surface area contributed by atoms with Gasteiger partial charge >= 0.3 is 0 Å². The Kier molecular flexibility index (Phi) is 2.75. The summed E-state index contributed by atoms with van der Waals surface area (Å²) in [5.74, 6) is -0.107. The summed E-state index contributed by atoms with van der Waals surface area (Å²) in [6, 6.07) is 7.37. The second-order valence-corrected chi connectivity index (χ2v) is 3.50. The first-order valence-electron chi connectivity index (χ1n) is 4.35. The van der Waals surface area contributed by atoms with E-state index in [4.69, 9.17) is 16.0 Å². The summed E-state index contributed by atoms with van der Waals surface area (Å²) in [6.07, 6.45) is 0.544. The van der Waals surface area contributed by atoms with E-state index in [1.807, 2.05) is 0 Å². The Balaban J connectivity index is 2.34. The number of benzene rings is 1. The van der Waals surface area contributed by atoms with Crippen LogP contribution in [0.2, 0.25) is 5.02 Å². The van der Waals surface area contributed by atoms with Crippen molar-refractivity contribution in [1.82, 2.24) is 0 Å². The Morgan fingerprint density at radius 1 is 1.33 bits per heavy atom. The third kappa shape index (κ3) is 2.03. The molecule has 78 valence electrons. The molecule has 4 heteroatoms. The van der Waals surface area contributed by atoms with Crippen molar-refractivity contribution >= 4 is 11.6 Å². The van der Waals surface area contributed by atoms with Gasteiger partial charge in [0.2, 0.25) is 0 Å². The molecule has 0 aliphatic carbocycles. The number of furan rings is 1. The van der Waals surface area contributed by atoms with Crippen molar-refractivity contribution in [3.63, 3.8) is 0 Å². The van der Waals surface area contributed by atoms with Gasteiger partial charge in [0.25, 0.3) is 0 Å². The molecular formula is C11H8ClFO2. The lowest BCUT2D eigenvalue weighted by molar-refractivity contribution is 0.189. The van der Waals surface area contributed by atoms with Crippen LogP contribution in [0.25, 0.3) is 0 Å². The molecule has 2 rings (SSSR count). The highest BCUT2D eigenvalue weighted by Gasteiger charge is 2.14. The van der Waals surface area contributed by atoms with Crippen LogP contribution in [0.1, 0.15) is 17.4 Å². The van der Waals surface area contributed by atoms with Gasteiger partial charge in [0.1, 0.15) is 17.7 Å². The molecule has 0 fully saturated rings. The number of hydrogen-bond donors (Lipinski definition) is 1. The van der Waals surface area contributed by atoms with E-state index in [-0.39, 0.29) is 5.02 Å². The smallest absolute Gasteiger partial charge is 0.141 e. The molecule has 1 atom stereocenters. The van der Waals surface area contributed by atoms with Gasteiger partial charge in [-0.3, -0.25) is 0 Å². The summed E-state index contributed by atoms with van der Waals surface area (Å²) in [4.78, 5) is 0. The van der Waals surface area contributed by atoms with Crippen LogP contribution in [0.3, 0.4) is 0 Å². The topological polar surface area (TPSA) is 33.4 Å². The lowest BCUT2D eigenvalue weighted by atomic mass is 10.1. The van der Waals surface area contributed by atoms with Crippen molar-refractivity contribution in [3.8, 4) is 0 Å². The highest BCUT2D eigenvalue weighted by molar-refractivity contribution is 6.30. The van der Waals surface area contributed by atoms with Crippen LogP contribution in [0, 0.1) is 5.82 Å². The molecule has 0 saturated heterocycles. The van der Waals surface area contributed by atoms with Crippen molar-refractivity contribution < 1.29 is 13.9 Å². The minimum absolute atomic E-state index is 0.0156. The minimum atomic E-state index is -0.918.